The van der Waals surface area contributed by atoms with Gasteiger partial charge in [-0.3, -0.25) is 14.4 Å². The maximum Gasteiger partial charge on any atom is 0.245 e. The molecule has 4 rings (SSSR count). The van der Waals surface area contributed by atoms with Crippen molar-refractivity contribution in [3.05, 3.63) is 24.3 Å². The highest BCUT2D eigenvalue weighted by atomic mass is 79.9. The van der Waals surface area contributed by atoms with E-state index < -0.39 is 35.6 Å². The highest BCUT2D eigenvalue weighted by Gasteiger charge is 2.76. The Labute approximate surface area is 220 Å². The summed E-state index contributed by atoms with van der Waals surface area (Å²) in [6.07, 6.45) is 2.75. The average molecular weight is 566 g/mol. The van der Waals surface area contributed by atoms with Gasteiger partial charge in [0.2, 0.25) is 17.7 Å². The number of benzene rings is 1. The van der Waals surface area contributed by atoms with Gasteiger partial charge < -0.3 is 30.1 Å². The van der Waals surface area contributed by atoms with Gasteiger partial charge in [0.1, 0.15) is 17.4 Å². The van der Waals surface area contributed by atoms with E-state index in [9.17, 15) is 19.5 Å². The first-order chi connectivity index (χ1) is 17.3. The van der Waals surface area contributed by atoms with Gasteiger partial charge >= 0.3 is 0 Å². The second-order valence-corrected chi connectivity index (χ2v) is 11.1. The van der Waals surface area contributed by atoms with Crippen LogP contribution in [0.3, 0.4) is 0 Å². The Hall–Kier alpha value is -2.17. The van der Waals surface area contributed by atoms with E-state index in [1.807, 2.05) is 6.92 Å². The van der Waals surface area contributed by atoms with E-state index in [-0.39, 0.29) is 29.2 Å². The predicted octanol–water partition coefficient (Wildman–Crippen LogP) is 2.46. The van der Waals surface area contributed by atoms with Crippen molar-refractivity contribution in [2.24, 2.45) is 11.8 Å². The van der Waals surface area contributed by atoms with Crippen LogP contribution in [-0.4, -0.2) is 76.1 Å². The molecule has 3 aliphatic rings. The van der Waals surface area contributed by atoms with Crippen molar-refractivity contribution < 1.29 is 29.0 Å². The van der Waals surface area contributed by atoms with E-state index in [0.717, 1.165) is 19.3 Å². The molecule has 2 bridgehead atoms. The quantitative estimate of drug-likeness (QED) is 0.280. The summed E-state index contributed by atoms with van der Waals surface area (Å²) < 4.78 is 11.9. The third kappa shape index (κ3) is 4.63. The van der Waals surface area contributed by atoms with Gasteiger partial charge in [-0.15, -0.1) is 0 Å². The number of halogens is 1. The number of nitrogens with one attached hydrogen (secondary N) is 2. The molecule has 0 aromatic heterocycles. The van der Waals surface area contributed by atoms with Crippen LogP contribution in [0.15, 0.2) is 24.3 Å². The molecule has 3 N–H and O–H groups in total. The van der Waals surface area contributed by atoms with Crippen molar-refractivity contribution in [3.8, 4) is 5.75 Å². The third-order valence-corrected chi connectivity index (χ3v) is 8.37. The number of ether oxygens (including phenoxy) is 2. The van der Waals surface area contributed by atoms with Crippen LogP contribution in [0.2, 0.25) is 0 Å². The number of carbonyl (C=O) groups excluding carboxylic acids is 3. The second kappa shape index (κ2) is 11.1. The fourth-order valence-corrected chi connectivity index (χ4v) is 6.88. The number of hydrogen-bond acceptors (Lipinski definition) is 6. The molecule has 3 saturated heterocycles. The summed E-state index contributed by atoms with van der Waals surface area (Å²) in [7, 11) is 0. The summed E-state index contributed by atoms with van der Waals surface area (Å²) in [5.74, 6) is -1.82. The lowest BCUT2D eigenvalue weighted by molar-refractivity contribution is -0.144. The van der Waals surface area contributed by atoms with E-state index in [1.165, 1.54) is 4.90 Å². The minimum atomic E-state index is -1.13. The second-order valence-electron chi connectivity index (χ2n) is 9.89. The molecule has 36 heavy (non-hydrogen) atoms. The molecule has 3 aliphatic heterocycles. The number of unbranched alkanes of at least 4 members (excludes halogenated alkanes) is 2. The van der Waals surface area contributed by atoms with Crippen LogP contribution in [0.1, 0.15) is 46.5 Å². The molecule has 1 aromatic carbocycles. The molecule has 3 fully saturated rings. The van der Waals surface area contributed by atoms with Crippen LogP contribution >= 0.6 is 15.9 Å². The molecule has 0 radical (unpaired) electrons. The topological polar surface area (TPSA) is 117 Å². The number of fused-ring (bicyclic) bond motifs is 1. The van der Waals surface area contributed by atoms with Crippen molar-refractivity contribution in [2.75, 3.05) is 25.1 Å². The largest absolute Gasteiger partial charge is 0.494 e. The van der Waals surface area contributed by atoms with Crippen LogP contribution in [0.25, 0.3) is 0 Å². The normalized spacial score (nSPS) is 31.3. The Balaban J connectivity index is 1.61. The number of rotatable bonds is 11. The summed E-state index contributed by atoms with van der Waals surface area (Å²) in [4.78, 5) is 42.1. The zero-order chi connectivity index (χ0) is 26.0. The summed E-state index contributed by atoms with van der Waals surface area (Å²) in [6.45, 7) is 6.45. The molecule has 3 amide bonds. The van der Waals surface area contributed by atoms with Gasteiger partial charge in [0.05, 0.1) is 37.2 Å². The van der Waals surface area contributed by atoms with Gasteiger partial charge in [-0.1, -0.05) is 35.7 Å². The number of amides is 3. The molecule has 0 saturated carbocycles. The Morgan fingerprint density at radius 3 is 2.61 bits per heavy atom. The number of aliphatic hydroxyl groups is 1. The third-order valence-electron chi connectivity index (χ3n) is 7.53. The summed E-state index contributed by atoms with van der Waals surface area (Å²) in [6, 6.07) is 5.55. The molecule has 0 aliphatic carbocycles. The molecule has 7 atom stereocenters. The van der Waals surface area contributed by atoms with E-state index >= 15 is 0 Å². The number of alkyl halides is 1. The molecule has 1 aromatic rings. The van der Waals surface area contributed by atoms with Gasteiger partial charge in [0, 0.05) is 17.1 Å². The van der Waals surface area contributed by atoms with Crippen molar-refractivity contribution in [2.45, 2.75) is 75.1 Å². The minimum Gasteiger partial charge on any atom is -0.494 e. The molecule has 9 nitrogen and oxygen atoms in total. The highest BCUT2D eigenvalue weighted by molar-refractivity contribution is 9.09. The van der Waals surface area contributed by atoms with Crippen LogP contribution in [0, 0.1) is 11.8 Å². The van der Waals surface area contributed by atoms with E-state index in [0.29, 0.717) is 31.0 Å². The van der Waals surface area contributed by atoms with Gasteiger partial charge in [-0.05, 0) is 51.0 Å². The molecule has 10 heteroatoms. The predicted molar refractivity (Wildman–Crippen MR) is 138 cm³/mol. The van der Waals surface area contributed by atoms with Gasteiger partial charge in [0.25, 0.3) is 0 Å². The number of likely N-dealkylation sites (tertiary alicyclic amines) is 1. The summed E-state index contributed by atoms with van der Waals surface area (Å²) in [5, 5.41) is 15.8. The smallest absolute Gasteiger partial charge is 0.245 e. The lowest BCUT2D eigenvalue weighted by Crippen LogP contribution is -2.57. The zero-order valence-corrected chi connectivity index (χ0v) is 22.6. The molecular weight excluding hydrogens is 530 g/mol. The van der Waals surface area contributed by atoms with Crippen LogP contribution < -0.4 is 15.4 Å². The maximum absolute atomic E-state index is 13.8. The highest BCUT2D eigenvalue weighted by Crippen LogP contribution is 2.60. The fourth-order valence-electron chi connectivity index (χ4n) is 5.94. The van der Waals surface area contributed by atoms with E-state index in [2.05, 4.69) is 33.5 Å². The Morgan fingerprint density at radius 2 is 1.97 bits per heavy atom. The molecule has 3 heterocycles. The van der Waals surface area contributed by atoms with Crippen molar-refractivity contribution in [1.29, 1.82) is 0 Å². The molecule has 198 valence electrons. The number of hydrogen-bond donors (Lipinski definition) is 3. The Kier molecular flexibility index (Phi) is 8.26. The van der Waals surface area contributed by atoms with Crippen molar-refractivity contribution >= 4 is 39.3 Å². The monoisotopic (exact) mass is 565 g/mol. The molecular formula is C26H36BrN3O6. The first-order valence-corrected chi connectivity index (χ1v) is 13.8. The number of anilines is 1. The molecule has 3 unspecified atom stereocenters. The minimum absolute atomic E-state index is 0.183. The SMILES string of the molecule is CCCCCNC(=O)C1N([C@H](C)CO)C(=O)[C@@H]2[C@H](C(=O)Nc3ccc(OCC)cc3)[C@H]3OC12CC3Br. The van der Waals surface area contributed by atoms with E-state index in [1.54, 1.807) is 31.2 Å². The first kappa shape index (κ1) is 26.9. The lowest BCUT2D eigenvalue weighted by Gasteiger charge is -2.35. The Bertz CT molecular complexity index is 975. The van der Waals surface area contributed by atoms with Crippen LogP contribution in [0.5, 0.6) is 5.75 Å². The standard InChI is InChI=1S/C26H36BrN3O6/c1-4-6-7-12-28-24(33)22-26-13-18(27)21(36-26)19(20(26)25(34)30(22)15(3)14-31)23(32)29-16-8-10-17(11-9-16)35-5-2/h8-11,15,18-22,31H,4-7,12-14H2,1-3H3,(H,28,33)(H,29,32)/t15-,18?,19+,20+,21+,22?,26?/m1/s1. The molecule has 1 spiro atoms. The van der Waals surface area contributed by atoms with Crippen LogP contribution in [0.4, 0.5) is 5.69 Å². The first-order valence-electron chi connectivity index (χ1n) is 12.8. The average Bonchev–Trinajstić information content (AvgIpc) is 3.46. The Morgan fingerprint density at radius 1 is 1.25 bits per heavy atom. The van der Waals surface area contributed by atoms with Crippen molar-refractivity contribution in [1.82, 2.24) is 10.2 Å². The number of carbonyl (C=O) groups is 3. The van der Waals surface area contributed by atoms with Crippen LogP contribution in [-0.2, 0) is 19.1 Å². The maximum atomic E-state index is 13.8. The van der Waals surface area contributed by atoms with Crippen molar-refractivity contribution in [3.63, 3.8) is 0 Å². The summed E-state index contributed by atoms with van der Waals surface area (Å²) >= 11 is 3.66. The van der Waals surface area contributed by atoms with E-state index in [4.69, 9.17) is 9.47 Å². The van der Waals surface area contributed by atoms with Gasteiger partial charge in [-0.25, -0.2) is 0 Å². The van der Waals surface area contributed by atoms with Gasteiger partial charge in [0.15, 0.2) is 0 Å². The fraction of sp³-hybridized carbons (Fsp3) is 0.654. The number of nitrogens with zero attached hydrogens (tertiary/aromatic N) is 1. The summed E-state index contributed by atoms with van der Waals surface area (Å²) in [5.41, 5.74) is -0.544. The lowest BCUT2D eigenvalue weighted by atomic mass is 9.70. The number of aliphatic hydroxyl groups excluding tert-OH is 1. The zero-order valence-electron chi connectivity index (χ0n) is 21.0. The van der Waals surface area contributed by atoms with Gasteiger partial charge in [-0.2, -0.15) is 0 Å².